The van der Waals surface area contributed by atoms with Gasteiger partial charge in [-0.3, -0.25) is 4.79 Å². The van der Waals surface area contributed by atoms with E-state index in [-0.39, 0.29) is 10.5 Å². The number of carbonyl (C=O) groups is 1. The van der Waals surface area contributed by atoms with Gasteiger partial charge in [-0.05, 0) is 86.6 Å². The fourth-order valence-corrected chi connectivity index (χ4v) is 4.52. The Kier molecular flexibility index (Phi) is 6.88. The zero-order chi connectivity index (χ0) is 21.1. The zero-order valence-electron chi connectivity index (χ0n) is 17.4. The van der Waals surface area contributed by atoms with Crippen molar-refractivity contribution in [2.75, 3.05) is 6.61 Å². The summed E-state index contributed by atoms with van der Waals surface area (Å²) in [5.41, 5.74) is 3.31. The van der Waals surface area contributed by atoms with Crippen molar-refractivity contribution < 1.29 is 17.9 Å². The van der Waals surface area contributed by atoms with Crippen LogP contribution in [0.25, 0.3) is 0 Å². The number of rotatable bonds is 7. The zero-order valence-corrected chi connectivity index (χ0v) is 18.2. The highest BCUT2D eigenvalue weighted by Gasteiger charge is 2.24. The van der Waals surface area contributed by atoms with Gasteiger partial charge in [-0.15, -0.1) is 0 Å². The first-order valence-corrected chi connectivity index (χ1v) is 10.9. The summed E-state index contributed by atoms with van der Waals surface area (Å²) in [4.78, 5) is 12.7. The van der Waals surface area contributed by atoms with Gasteiger partial charge in [0.2, 0.25) is 0 Å². The summed E-state index contributed by atoms with van der Waals surface area (Å²) in [6, 6.07) is 8.43. The molecule has 0 unspecified atom stereocenters. The van der Waals surface area contributed by atoms with E-state index in [0.717, 1.165) is 17.5 Å². The van der Waals surface area contributed by atoms with Crippen LogP contribution >= 0.6 is 0 Å². The molecule has 0 aromatic heterocycles. The molecule has 0 aliphatic heterocycles. The summed E-state index contributed by atoms with van der Waals surface area (Å²) in [6.45, 7) is 12.1. The first-order valence-electron chi connectivity index (χ1n) is 9.40. The first-order chi connectivity index (χ1) is 13.0. The van der Waals surface area contributed by atoms with Crippen molar-refractivity contribution in [3.8, 4) is 5.75 Å². The molecule has 0 radical (unpaired) electrons. The molecule has 2 rings (SSSR count). The average molecular weight is 404 g/mol. The minimum atomic E-state index is -3.98. The Bertz CT molecular complexity index is 935. The topological polar surface area (TPSA) is 72.5 Å². The molecule has 1 amide bonds. The van der Waals surface area contributed by atoms with Gasteiger partial charge in [-0.25, -0.2) is 13.1 Å². The molecule has 0 aliphatic carbocycles. The van der Waals surface area contributed by atoms with Crippen molar-refractivity contribution in [2.45, 2.75) is 52.9 Å². The molecule has 0 aliphatic rings. The van der Waals surface area contributed by atoms with E-state index in [1.54, 1.807) is 38.1 Å². The summed E-state index contributed by atoms with van der Waals surface area (Å²) >= 11 is 0. The Labute approximate surface area is 168 Å². The maximum Gasteiger partial charge on any atom is 0.265 e. The molecule has 152 valence electrons. The van der Waals surface area contributed by atoms with E-state index in [9.17, 15) is 13.2 Å². The maximum atomic E-state index is 12.9. The summed E-state index contributed by atoms with van der Waals surface area (Å²) in [5.74, 6) is 0.542. The second-order valence-corrected chi connectivity index (χ2v) is 9.20. The van der Waals surface area contributed by atoms with E-state index < -0.39 is 15.9 Å². The molecule has 0 spiro atoms. The largest absolute Gasteiger partial charge is 0.494 e. The van der Waals surface area contributed by atoms with Crippen molar-refractivity contribution in [3.05, 3.63) is 58.1 Å². The molecular formula is C22H29NO4S. The molecular weight excluding hydrogens is 374 g/mol. The predicted molar refractivity (Wildman–Crippen MR) is 111 cm³/mol. The van der Waals surface area contributed by atoms with Crippen LogP contribution < -0.4 is 9.46 Å². The lowest BCUT2D eigenvalue weighted by molar-refractivity contribution is 0.0981. The molecule has 5 nitrogen and oxygen atoms in total. The summed E-state index contributed by atoms with van der Waals surface area (Å²) in [5, 5.41) is 0. The quantitative estimate of drug-likeness (QED) is 0.741. The Balaban J connectivity index is 2.18. The van der Waals surface area contributed by atoms with Gasteiger partial charge < -0.3 is 4.74 Å². The second-order valence-electron chi connectivity index (χ2n) is 7.58. The van der Waals surface area contributed by atoms with Gasteiger partial charge in [0.05, 0.1) is 11.5 Å². The van der Waals surface area contributed by atoms with Crippen LogP contribution in [0.15, 0.2) is 35.2 Å². The number of hydrogen-bond donors (Lipinski definition) is 1. The molecule has 28 heavy (non-hydrogen) atoms. The number of sulfonamides is 1. The number of hydrogen-bond acceptors (Lipinski definition) is 4. The third-order valence-corrected chi connectivity index (χ3v) is 6.48. The summed E-state index contributed by atoms with van der Waals surface area (Å²) in [7, 11) is -3.98. The molecule has 2 aromatic rings. The minimum absolute atomic E-state index is 0.173. The van der Waals surface area contributed by atoms with Gasteiger partial charge in [-0.1, -0.05) is 19.9 Å². The fraction of sp³-hybridized carbons (Fsp3) is 0.409. The maximum absolute atomic E-state index is 12.9. The fourth-order valence-electron chi connectivity index (χ4n) is 2.93. The number of amides is 1. The lowest BCUT2D eigenvalue weighted by atomic mass is 10.0. The monoisotopic (exact) mass is 403 g/mol. The molecule has 6 heteroatoms. The number of ether oxygens (including phenoxy) is 1. The molecule has 0 heterocycles. The highest BCUT2D eigenvalue weighted by atomic mass is 32.2. The molecule has 0 saturated carbocycles. The molecule has 0 fully saturated rings. The van der Waals surface area contributed by atoms with E-state index in [1.165, 1.54) is 0 Å². The van der Waals surface area contributed by atoms with Gasteiger partial charge in [0.1, 0.15) is 5.75 Å². The van der Waals surface area contributed by atoms with E-state index in [1.807, 2.05) is 19.9 Å². The Hall–Kier alpha value is -2.34. The van der Waals surface area contributed by atoms with Gasteiger partial charge >= 0.3 is 0 Å². The van der Waals surface area contributed by atoms with Crippen molar-refractivity contribution in [3.63, 3.8) is 0 Å². The third-order valence-electron chi connectivity index (χ3n) is 4.87. The predicted octanol–water partition coefficient (Wildman–Crippen LogP) is 4.46. The Morgan fingerprint density at radius 3 is 2.04 bits per heavy atom. The van der Waals surface area contributed by atoms with Crippen molar-refractivity contribution in [1.29, 1.82) is 0 Å². The first kappa shape index (κ1) is 22.0. The lowest BCUT2D eigenvalue weighted by Gasteiger charge is -2.16. The van der Waals surface area contributed by atoms with Crippen LogP contribution in [0.3, 0.4) is 0 Å². The van der Waals surface area contributed by atoms with Crippen LogP contribution in [-0.2, 0) is 10.0 Å². The normalized spacial score (nSPS) is 11.5. The van der Waals surface area contributed by atoms with Gasteiger partial charge in [0.15, 0.2) is 0 Å². The van der Waals surface area contributed by atoms with Crippen LogP contribution in [0.5, 0.6) is 5.75 Å². The summed E-state index contributed by atoms with van der Waals surface area (Å²) < 4.78 is 33.6. The van der Waals surface area contributed by atoms with Crippen LogP contribution in [0.2, 0.25) is 0 Å². The molecule has 1 N–H and O–H groups in total. The highest BCUT2D eigenvalue weighted by Crippen LogP contribution is 2.26. The smallest absolute Gasteiger partial charge is 0.265 e. The average Bonchev–Trinajstić information content (AvgIpc) is 2.60. The number of aryl methyl sites for hydroxylation is 2. The molecule has 0 atom stereocenters. The Morgan fingerprint density at radius 1 is 1.00 bits per heavy atom. The van der Waals surface area contributed by atoms with E-state index in [0.29, 0.717) is 29.4 Å². The second kappa shape index (κ2) is 8.78. The highest BCUT2D eigenvalue weighted by molar-refractivity contribution is 7.90. The number of benzene rings is 2. The molecule has 2 aromatic carbocycles. The number of nitrogens with one attached hydrogen (secondary N) is 1. The van der Waals surface area contributed by atoms with Crippen molar-refractivity contribution in [1.82, 2.24) is 4.72 Å². The van der Waals surface area contributed by atoms with E-state index >= 15 is 0 Å². The minimum Gasteiger partial charge on any atom is -0.494 e. The van der Waals surface area contributed by atoms with Gasteiger partial charge in [0.25, 0.3) is 15.9 Å². The SMILES string of the molecule is Cc1cc(C)c(C)c(S(=O)(=O)NC(=O)c2ccc(OCCC(C)C)cc2)c1C. The lowest BCUT2D eigenvalue weighted by Crippen LogP contribution is -2.31. The van der Waals surface area contributed by atoms with E-state index in [4.69, 9.17) is 4.74 Å². The van der Waals surface area contributed by atoms with Crippen LogP contribution in [0, 0.1) is 33.6 Å². The number of carbonyl (C=O) groups excluding carboxylic acids is 1. The van der Waals surface area contributed by atoms with Crippen LogP contribution in [0.1, 0.15) is 52.9 Å². The van der Waals surface area contributed by atoms with Crippen molar-refractivity contribution in [2.24, 2.45) is 5.92 Å². The molecule has 0 bridgehead atoms. The van der Waals surface area contributed by atoms with Gasteiger partial charge in [-0.2, -0.15) is 0 Å². The van der Waals surface area contributed by atoms with Crippen LogP contribution in [-0.4, -0.2) is 20.9 Å². The standard InChI is InChI=1S/C22H29NO4S/c1-14(2)11-12-27-20-9-7-19(8-10-20)22(24)23-28(25,26)21-17(5)15(3)13-16(4)18(21)6/h7-10,13-14H,11-12H2,1-6H3,(H,23,24). The summed E-state index contributed by atoms with van der Waals surface area (Å²) in [6.07, 6.45) is 0.940. The third kappa shape index (κ3) is 5.13. The van der Waals surface area contributed by atoms with E-state index in [2.05, 4.69) is 18.6 Å². The van der Waals surface area contributed by atoms with Crippen molar-refractivity contribution >= 4 is 15.9 Å². The Morgan fingerprint density at radius 2 is 1.54 bits per heavy atom. The van der Waals surface area contributed by atoms with Crippen LogP contribution in [0.4, 0.5) is 0 Å². The molecule has 0 saturated heterocycles. The van der Waals surface area contributed by atoms with Gasteiger partial charge in [0, 0.05) is 5.56 Å².